The molecule has 0 aliphatic carbocycles. The highest BCUT2D eigenvalue weighted by Crippen LogP contribution is 2.44. The lowest BCUT2D eigenvalue weighted by atomic mass is 9.86. The molecule has 8 rings (SSSR count). The van der Waals surface area contributed by atoms with E-state index < -0.39 is 0 Å². The number of furan rings is 1. The van der Waals surface area contributed by atoms with Crippen LogP contribution < -0.4 is 0 Å². The van der Waals surface area contributed by atoms with Crippen molar-refractivity contribution in [3.05, 3.63) is 157 Å². The molecule has 0 amide bonds. The highest BCUT2D eigenvalue weighted by molar-refractivity contribution is 6.21. The fourth-order valence-corrected chi connectivity index (χ4v) is 6.72. The van der Waals surface area contributed by atoms with Crippen molar-refractivity contribution in [2.75, 3.05) is 0 Å². The van der Waals surface area contributed by atoms with Gasteiger partial charge in [0.1, 0.15) is 11.2 Å². The zero-order valence-electron chi connectivity index (χ0n) is 24.5. The van der Waals surface area contributed by atoms with Crippen molar-refractivity contribution >= 4 is 55.6 Å². The fourth-order valence-electron chi connectivity index (χ4n) is 6.72. The second-order valence-corrected chi connectivity index (χ2v) is 11.3. The predicted octanol–water partition coefficient (Wildman–Crippen LogP) is 12.6. The van der Waals surface area contributed by atoms with Gasteiger partial charge in [0.15, 0.2) is 0 Å². The molecule has 0 atom stereocenters. The standard InChI is InChI=1S/C43H30O/c1-3-12-32-25-39-38-26-33(23-24-40(38)44-41(39)27-28(32)4-2)29-19-21-31(22-20-29)43-36-17-10-8-15-34(36)42(30-13-6-5-7-14-30)35-16-9-11-18-37(35)43/h3-27H,2H2,1H3/b12-3-. The van der Waals surface area contributed by atoms with Crippen LogP contribution in [-0.2, 0) is 0 Å². The van der Waals surface area contributed by atoms with Crippen molar-refractivity contribution in [1.82, 2.24) is 0 Å². The summed E-state index contributed by atoms with van der Waals surface area (Å²) >= 11 is 0. The van der Waals surface area contributed by atoms with Crippen molar-refractivity contribution in [2.45, 2.75) is 6.92 Å². The van der Waals surface area contributed by atoms with Gasteiger partial charge in [-0.15, -0.1) is 0 Å². The minimum atomic E-state index is 0.883. The van der Waals surface area contributed by atoms with Crippen LogP contribution in [0, 0.1) is 0 Å². The number of fused-ring (bicyclic) bond motifs is 5. The molecule has 7 aromatic carbocycles. The summed E-state index contributed by atoms with van der Waals surface area (Å²) < 4.78 is 6.25. The molecule has 208 valence electrons. The van der Waals surface area contributed by atoms with E-state index >= 15 is 0 Å². The predicted molar refractivity (Wildman–Crippen MR) is 190 cm³/mol. The Hall–Kier alpha value is -5.66. The molecule has 44 heavy (non-hydrogen) atoms. The lowest BCUT2D eigenvalue weighted by Crippen LogP contribution is -1.90. The lowest BCUT2D eigenvalue weighted by molar-refractivity contribution is 0.669. The summed E-state index contributed by atoms with van der Waals surface area (Å²) in [5.41, 5.74) is 11.3. The summed E-state index contributed by atoms with van der Waals surface area (Å²) in [5, 5.41) is 7.31. The minimum absolute atomic E-state index is 0.883. The van der Waals surface area contributed by atoms with Crippen LogP contribution in [0.3, 0.4) is 0 Å². The van der Waals surface area contributed by atoms with Crippen molar-refractivity contribution < 1.29 is 4.42 Å². The number of benzene rings is 7. The maximum Gasteiger partial charge on any atom is 0.136 e. The molecule has 1 aromatic heterocycles. The van der Waals surface area contributed by atoms with Crippen molar-refractivity contribution in [3.8, 4) is 33.4 Å². The minimum Gasteiger partial charge on any atom is -0.456 e. The highest BCUT2D eigenvalue weighted by Gasteiger charge is 2.17. The Balaban J connectivity index is 1.27. The summed E-state index contributed by atoms with van der Waals surface area (Å²) in [4.78, 5) is 0. The quantitative estimate of drug-likeness (QED) is 0.190. The largest absolute Gasteiger partial charge is 0.456 e. The van der Waals surface area contributed by atoms with Gasteiger partial charge >= 0.3 is 0 Å². The molecule has 0 N–H and O–H groups in total. The number of rotatable bonds is 5. The van der Waals surface area contributed by atoms with Gasteiger partial charge in [-0.3, -0.25) is 0 Å². The van der Waals surface area contributed by atoms with Crippen LogP contribution in [0.4, 0.5) is 0 Å². The van der Waals surface area contributed by atoms with E-state index in [0.29, 0.717) is 0 Å². The van der Waals surface area contributed by atoms with Crippen LogP contribution >= 0.6 is 0 Å². The fraction of sp³-hybridized carbons (Fsp3) is 0.0233. The molecule has 0 bridgehead atoms. The Morgan fingerprint density at radius 2 is 0.977 bits per heavy atom. The summed E-state index contributed by atoms with van der Waals surface area (Å²) in [6, 6.07) is 48.2. The van der Waals surface area contributed by atoms with Crippen LogP contribution in [0.15, 0.2) is 151 Å². The van der Waals surface area contributed by atoms with Crippen LogP contribution in [0.25, 0.3) is 89.0 Å². The number of hydrogen-bond donors (Lipinski definition) is 0. The smallest absolute Gasteiger partial charge is 0.136 e. The molecule has 0 saturated heterocycles. The maximum absolute atomic E-state index is 6.25. The Labute approximate surface area is 257 Å². The first-order valence-electron chi connectivity index (χ1n) is 15.1. The van der Waals surface area contributed by atoms with Crippen molar-refractivity contribution in [2.24, 2.45) is 0 Å². The summed E-state index contributed by atoms with van der Waals surface area (Å²) in [6.45, 7) is 6.03. The second-order valence-electron chi connectivity index (χ2n) is 11.3. The van der Waals surface area contributed by atoms with Gasteiger partial charge in [-0.1, -0.05) is 134 Å². The molecule has 8 aromatic rings. The molecule has 0 saturated carbocycles. The third-order valence-electron chi connectivity index (χ3n) is 8.74. The highest BCUT2D eigenvalue weighted by atomic mass is 16.3. The third-order valence-corrected chi connectivity index (χ3v) is 8.74. The Kier molecular flexibility index (Phi) is 6.24. The average Bonchev–Trinajstić information content (AvgIpc) is 3.44. The molecule has 1 heterocycles. The van der Waals surface area contributed by atoms with Gasteiger partial charge in [-0.05, 0) is 97.2 Å². The Bertz CT molecular complexity index is 2330. The first-order valence-corrected chi connectivity index (χ1v) is 15.1. The first-order chi connectivity index (χ1) is 21.7. The van der Waals surface area contributed by atoms with E-state index in [1.807, 2.05) is 13.0 Å². The van der Waals surface area contributed by atoms with Gasteiger partial charge in [0.25, 0.3) is 0 Å². The van der Waals surface area contributed by atoms with E-state index in [9.17, 15) is 0 Å². The summed E-state index contributed by atoms with van der Waals surface area (Å²) in [5.74, 6) is 0. The van der Waals surface area contributed by atoms with E-state index in [-0.39, 0.29) is 0 Å². The molecule has 0 unspecified atom stereocenters. The second kappa shape index (κ2) is 10.6. The van der Waals surface area contributed by atoms with E-state index in [1.165, 1.54) is 54.9 Å². The molecule has 0 radical (unpaired) electrons. The van der Waals surface area contributed by atoms with Gasteiger partial charge in [-0.25, -0.2) is 0 Å². The molecule has 0 spiro atoms. The van der Waals surface area contributed by atoms with Crippen LogP contribution in [0.1, 0.15) is 18.1 Å². The van der Waals surface area contributed by atoms with Gasteiger partial charge < -0.3 is 4.42 Å². The molecule has 0 fully saturated rings. The topological polar surface area (TPSA) is 13.1 Å². The van der Waals surface area contributed by atoms with Crippen molar-refractivity contribution in [1.29, 1.82) is 0 Å². The SMILES string of the molecule is C=Cc1cc2oc3ccc(-c4ccc(-c5c6ccccc6c(-c6ccccc6)c6ccccc56)cc4)cc3c2cc1/C=C\C. The Morgan fingerprint density at radius 1 is 0.455 bits per heavy atom. The zero-order valence-corrected chi connectivity index (χ0v) is 24.5. The van der Waals surface area contributed by atoms with E-state index in [4.69, 9.17) is 4.42 Å². The summed E-state index contributed by atoms with van der Waals surface area (Å²) in [6.07, 6.45) is 6.07. The third kappa shape index (κ3) is 4.17. The van der Waals surface area contributed by atoms with E-state index in [2.05, 4.69) is 152 Å². The van der Waals surface area contributed by atoms with Crippen LogP contribution in [0.2, 0.25) is 0 Å². The molecule has 1 nitrogen and oxygen atoms in total. The molecular formula is C43H30O. The van der Waals surface area contributed by atoms with E-state index in [0.717, 1.165) is 33.1 Å². The molecule has 0 aliphatic heterocycles. The zero-order chi connectivity index (χ0) is 29.6. The van der Waals surface area contributed by atoms with Gasteiger partial charge in [0.05, 0.1) is 0 Å². The van der Waals surface area contributed by atoms with Gasteiger partial charge in [0, 0.05) is 10.8 Å². The maximum atomic E-state index is 6.25. The van der Waals surface area contributed by atoms with Gasteiger partial charge in [0.2, 0.25) is 0 Å². The lowest BCUT2D eigenvalue weighted by Gasteiger charge is -2.18. The van der Waals surface area contributed by atoms with Crippen molar-refractivity contribution in [3.63, 3.8) is 0 Å². The molecule has 1 heteroatoms. The summed E-state index contributed by atoms with van der Waals surface area (Å²) in [7, 11) is 0. The van der Waals surface area contributed by atoms with Gasteiger partial charge in [-0.2, -0.15) is 0 Å². The number of hydrogen-bond acceptors (Lipinski definition) is 1. The monoisotopic (exact) mass is 562 g/mol. The molecule has 0 aliphatic rings. The average molecular weight is 563 g/mol. The number of allylic oxidation sites excluding steroid dienone is 1. The molecular weight excluding hydrogens is 532 g/mol. The first kappa shape index (κ1) is 26.0. The van der Waals surface area contributed by atoms with E-state index in [1.54, 1.807) is 0 Å². The van der Waals surface area contributed by atoms with Crippen LogP contribution in [0.5, 0.6) is 0 Å². The normalized spacial score (nSPS) is 11.8. The Morgan fingerprint density at radius 3 is 1.57 bits per heavy atom. The van der Waals surface area contributed by atoms with Crippen LogP contribution in [-0.4, -0.2) is 0 Å².